The summed E-state index contributed by atoms with van der Waals surface area (Å²) in [5.41, 5.74) is -7.74. The topological polar surface area (TPSA) is 175 Å². The van der Waals surface area contributed by atoms with Gasteiger partial charge in [0.15, 0.2) is 6.10 Å². The minimum atomic E-state index is -2.25. The van der Waals surface area contributed by atoms with E-state index in [0.717, 1.165) is 6.92 Å². The number of esters is 4. The molecular weight excluding hydrogens is 624 g/mol. The van der Waals surface area contributed by atoms with E-state index in [1.54, 1.807) is 64.1 Å². The van der Waals surface area contributed by atoms with Crippen LogP contribution >= 0.6 is 0 Å². The average Bonchev–Trinajstić information content (AvgIpc) is 3.23. The Morgan fingerprint density at radius 2 is 1.40 bits per heavy atom. The Labute approximate surface area is 279 Å². The molecule has 5 rings (SSSR count). The van der Waals surface area contributed by atoms with Gasteiger partial charge < -0.3 is 39.0 Å². The number of ether oxygens (including phenoxy) is 5. The molecule has 12 heteroatoms. The van der Waals surface area contributed by atoms with Gasteiger partial charge in [-0.25, -0.2) is 9.59 Å². The summed E-state index contributed by atoms with van der Waals surface area (Å²) >= 11 is 0. The summed E-state index contributed by atoms with van der Waals surface area (Å²) in [7, 11) is 0. The number of rotatable bonds is 9. The molecule has 10 atom stereocenters. The molecule has 2 bridgehead atoms. The standard InChI is InChI=1S/C36H44O12/c1-7-20(2)30(40)44-19-35-28(46-31(41)22-14-10-8-11-15-22)24(38)18-34(6,43)36(35)27(39)25(33(4,5)48-36)26(45-21(3)37)29(35)47-32(42)23-16-12-9-13-17-23/h8-17,20,24-29,38-39,43H,7,18-19H2,1-6H3/t20?,24-,25+,26-,27+,28-,29+,34-,35-,36-/m0/s1. The van der Waals surface area contributed by atoms with Gasteiger partial charge >= 0.3 is 23.9 Å². The van der Waals surface area contributed by atoms with E-state index in [9.17, 15) is 34.5 Å². The van der Waals surface area contributed by atoms with E-state index in [4.69, 9.17) is 23.7 Å². The zero-order valence-corrected chi connectivity index (χ0v) is 28.0. The van der Waals surface area contributed by atoms with Crippen LogP contribution in [0.5, 0.6) is 0 Å². The van der Waals surface area contributed by atoms with Crippen LogP contribution in [0.3, 0.4) is 0 Å². The lowest BCUT2D eigenvalue weighted by Gasteiger charge is -2.66. The van der Waals surface area contributed by atoms with Crippen LogP contribution in [-0.4, -0.2) is 93.1 Å². The first-order valence-electron chi connectivity index (χ1n) is 16.2. The maximum Gasteiger partial charge on any atom is 0.338 e. The Morgan fingerprint density at radius 3 is 1.90 bits per heavy atom. The van der Waals surface area contributed by atoms with Gasteiger partial charge in [-0.05, 0) is 51.5 Å². The predicted octanol–water partition coefficient (Wildman–Crippen LogP) is 3.00. The normalized spacial score (nSPS) is 35.4. The molecule has 260 valence electrons. The molecule has 2 aromatic rings. The fourth-order valence-electron chi connectivity index (χ4n) is 8.10. The molecule has 2 aromatic carbocycles. The van der Waals surface area contributed by atoms with Gasteiger partial charge in [-0.1, -0.05) is 50.2 Å². The summed E-state index contributed by atoms with van der Waals surface area (Å²) < 4.78 is 30.8. The molecule has 1 unspecified atom stereocenters. The zero-order valence-electron chi connectivity index (χ0n) is 28.0. The second-order valence-corrected chi connectivity index (χ2v) is 13.9. The van der Waals surface area contributed by atoms with Crippen LogP contribution in [0.1, 0.15) is 75.1 Å². The molecule has 2 aliphatic carbocycles. The average molecular weight is 669 g/mol. The first-order chi connectivity index (χ1) is 22.5. The van der Waals surface area contributed by atoms with Gasteiger partial charge in [-0.15, -0.1) is 0 Å². The minimum Gasteiger partial charge on any atom is -0.464 e. The lowest BCUT2D eigenvalue weighted by molar-refractivity contribution is -0.361. The fourth-order valence-corrected chi connectivity index (χ4v) is 8.10. The second-order valence-electron chi connectivity index (χ2n) is 13.9. The zero-order chi connectivity index (χ0) is 35.2. The quantitative estimate of drug-likeness (QED) is 0.264. The number of carbonyl (C=O) groups is 4. The molecule has 1 heterocycles. The number of carbonyl (C=O) groups excluding carboxylic acids is 4. The summed E-state index contributed by atoms with van der Waals surface area (Å²) in [5, 5.41) is 36.6. The Hall–Kier alpha value is -3.84. The molecule has 1 saturated heterocycles. The summed E-state index contributed by atoms with van der Waals surface area (Å²) in [6, 6.07) is 15.8. The molecule has 3 aliphatic rings. The first-order valence-corrected chi connectivity index (χ1v) is 16.2. The number of hydrogen-bond acceptors (Lipinski definition) is 12. The lowest BCUT2D eigenvalue weighted by Crippen LogP contribution is -2.85. The number of aliphatic hydroxyl groups excluding tert-OH is 2. The Balaban J connectivity index is 1.81. The molecule has 0 aromatic heterocycles. The molecular formula is C36H44O12. The third-order valence-corrected chi connectivity index (χ3v) is 10.4. The summed E-state index contributed by atoms with van der Waals surface area (Å²) in [5.74, 6) is -4.97. The van der Waals surface area contributed by atoms with Crippen LogP contribution in [0.15, 0.2) is 60.7 Å². The van der Waals surface area contributed by atoms with E-state index in [1.165, 1.54) is 31.2 Å². The second kappa shape index (κ2) is 12.9. The van der Waals surface area contributed by atoms with Gasteiger partial charge in [0.1, 0.15) is 29.8 Å². The highest BCUT2D eigenvalue weighted by Crippen LogP contribution is 2.68. The van der Waals surface area contributed by atoms with Crippen molar-refractivity contribution in [2.45, 2.75) is 102 Å². The largest absolute Gasteiger partial charge is 0.464 e. The molecule has 2 saturated carbocycles. The van der Waals surface area contributed by atoms with Crippen molar-refractivity contribution < 1.29 is 58.2 Å². The fraction of sp³-hybridized carbons (Fsp3) is 0.556. The molecule has 1 spiro atoms. The van der Waals surface area contributed by atoms with Crippen LogP contribution < -0.4 is 0 Å². The molecule has 12 nitrogen and oxygen atoms in total. The van der Waals surface area contributed by atoms with Gasteiger partial charge in [-0.2, -0.15) is 0 Å². The van der Waals surface area contributed by atoms with Gasteiger partial charge in [0.25, 0.3) is 0 Å². The van der Waals surface area contributed by atoms with Crippen molar-refractivity contribution in [2.75, 3.05) is 6.61 Å². The number of aliphatic hydroxyl groups is 3. The molecule has 3 N–H and O–H groups in total. The lowest BCUT2D eigenvalue weighted by atomic mass is 9.45. The van der Waals surface area contributed by atoms with Crippen LogP contribution in [0.2, 0.25) is 0 Å². The highest BCUT2D eigenvalue weighted by atomic mass is 16.6. The van der Waals surface area contributed by atoms with Gasteiger partial charge in [-0.3, -0.25) is 9.59 Å². The van der Waals surface area contributed by atoms with Gasteiger partial charge in [0.2, 0.25) is 0 Å². The third-order valence-electron chi connectivity index (χ3n) is 10.4. The van der Waals surface area contributed by atoms with Crippen LogP contribution in [0.25, 0.3) is 0 Å². The highest BCUT2D eigenvalue weighted by Gasteiger charge is 2.87. The van der Waals surface area contributed by atoms with E-state index < -0.39 is 101 Å². The number of fused-ring (bicyclic) bond motifs is 1. The Bertz CT molecular complexity index is 1520. The van der Waals surface area contributed by atoms with Gasteiger partial charge in [0.05, 0.1) is 46.4 Å². The SMILES string of the molecule is CCC(C)C(=O)OC[C@]12[C@H](OC(=O)c3ccccc3)[C@@H](OC(C)=O)[C@@H]3[C@@H](O)[C@]1(OC3(C)C)[C@@](C)(O)C[C@H](O)[C@@H]2OC(=O)c1ccccc1. The van der Waals surface area contributed by atoms with E-state index in [-0.39, 0.29) is 11.1 Å². The summed E-state index contributed by atoms with van der Waals surface area (Å²) in [6.45, 7) is 8.38. The van der Waals surface area contributed by atoms with Crippen LogP contribution in [-0.2, 0) is 33.3 Å². The summed E-state index contributed by atoms with van der Waals surface area (Å²) in [6.07, 6.45) is -8.34. The molecule has 0 amide bonds. The van der Waals surface area contributed by atoms with Gasteiger partial charge in [0, 0.05) is 13.3 Å². The molecule has 0 radical (unpaired) electrons. The van der Waals surface area contributed by atoms with Crippen molar-refractivity contribution in [3.8, 4) is 0 Å². The molecule has 1 aliphatic heterocycles. The Kier molecular flexibility index (Phi) is 9.52. The Morgan fingerprint density at radius 1 is 0.875 bits per heavy atom. The van der Waals surface area contributed by atoms with Crippen molar-refractivity contribution in [1.29, 1.82) is 0 Å². The molecule has 48 heavy (non-hydrogen) atoms. The van der Waals surface area contributed by atoms with Crippen molar-refractivity contribution in [2.24, 2.45) is 17.3 Å². The predicted molar refractivity (Wildman–Crippen MR) is 168 cm³/mol. The van der Waals surface area contributed by atoms with E-state index in [1.807, 2.05) is 0 Å². The van der Waals surface area contributed by atoms with Crippen molar-refractivity contribution >= 4 is 23.9 Å². The van der Waals surface area contributed by atoms with Crippen molar-refractivity contribution in [1.82, 2.24) is 0 Å². The van der Waals surface area contributed by atoms with Crippen molar-refractivity contribution in [3.63, 3.8) is 0 Å². The maximum atomic E-state index is 13.9. The first kappa shape index (κ1) is 35.5. The van der Waals surface area contributed by atoms with Crippen LogP contribution in [0.4, 0.5) is 0 Å². The van der Waals surface area contributed by atoms with E-state index in [2.05, 4.69) is 0 Å². The monoisotopic (exact) mass is 668 g/mol. The smallest absolute Gasteiger partial charge is 0.338 e. The molecule has 3 fully saturated rings. The third kappa shape index (κ3) is 5.58. The number of benzene rings is 2. The number of hydrogen-bond donors (Lipinski definition) is 3. The van der Waals surface area contributed by atoms with E-state index in [0.29, 0.717) is 6.42 Å². The van der Waals surface area contributed by atoms with Crippen LogP contribution in [0, 0.1) is 17.3 Å². The maximum absolute atomic E-state index is 13.9. The minimum absolute atomic E-state index is 0.110. The van der Waals surface area contributed by atoms with E-state index >= 15 is 0 Å². The highest BCUT2D eigenvalue weighted by molar-refractivity contribution is 5.90. The van der Waals surface area contributed by atoms with Crippen molar-refractivity contribution in [3.05, 3.63) is 71.8 Å². The summed E-state index contributed by atoms with van der Waals surface area (Å²) in [4.78, 5) is 53.8.